The first-order valence-corrected chi connectivity index (χ1v) is 7.52. The summed E-state index contributed by atoms with van der Waals surface area (Å²) in [5.74, 6) is -0.870. The van der Waals surface area contributed by atoms with Crippen LogP contribution in [0.1, 0.15) is 38.1 Å². The van der Waals surface area contributed by atoms with E-state index in [0.29, 0.717) is 5.75 Å². The molecule has 0 bridgehead atoms. The molecular weight excluding hydrogens is 314 g/mol. The maximum Gasteiger partial charge on any atom is 0.408 e. The second kappa shape index (κ2) is 8.33. The fraction of sp³-hybridized carbons (Fsp3) is 0.471. The Morgan fingerprint density at radius 2 is 1.71 bits per heavy atom. The molecule has 1 aromatic rings. The molecule has 7 heteroatoms. The number of methoxy groups -OCH3 is 1. The highest BCUT2D eigenvalue weighted by Gasteiger charge is 2.32. The summed E-state index contributed by atoms with van der Waals surface area (Å²) in [6, 6.07) is 4.70. The van der Waals surface area contributed by atoms with Crippen molar-refractivity contribution in [3.8, 4) is 5.75 Å². The van der Waals surface area contributed by atoms with Gasteiger partial charge in [0.1, 0.15) is 11.4 Å². The van der Waals surface area contributed by atoms with E-state index in [2.05, 4.69) is 5.32 Å². The van der Waals surface area contributed by atoms with E-state index in [9.17, 15) is 14.4 Å². The largest absolute Gasteiger partial charge is 0.497 e. The highest BCUT2D eigenvalue weighted by Crippen LogP contribution is 2.14. The number of nitrogens with one attached hydrogen (secondary N) is 1. The van der Waals surface area contributed by atoms with E-state index in [4.69, 9.17) is 14.2 Å². The molecule has 0 aliphatic carbocycles. The Morgan fingerprint density at radius 3 is 2.17 bits per heavy atom. The molecule has 1 aromatic carbocycles. The second-order valence-electron chi connectivity index (χ2n) is 5.92. The first-order valence-electron chi connectivity index (χ1n) is 7.52. The van der Waals surface area contributed by atoms with Crippen molar-refractivity contribution in [3.63, 3.8) is 0 Å². The normalized spacial score (nSPS) is 12.0. The summed E-state index contributed by atoms with van der Waals surface area (Å²) < 4.78 is 15.0. The lowest BCUT2D eigenvalue weighted by Crippen LogP contribution is -2.49. The molecule has 1 rings (SSSR count). The molecule has 1 amide bonds. The van der Waals surface area contributed by atoms with Gasteiger partial charge in [-0.25, -0.2) is 9.59 Å². The van der Waals surface area contributed by atoms with E-state index in [0.717, 1.165) is 0 Å². The molecule has 1 unspecified atom stereocenters. The van der Waals surface area contributed by atoms with E-state index >= 15 is 0 Å². The van der Waals surface area contributed by atoms with Crippen LogP contribution in [0.5, 0.6) is 5.75 Å². The fourth-order valence-electron chi connectivity index (χ4n) is 1.80. The topological polar surface area (TPSA) is 90.9 Å². The molecular formula is C17H23NO6. The van der Waals surface area contributed by atoms with Gasteiger partial charge in [0.05, 0.1) is 13.7 Å². The van der Waals surface area contributed by atoms with Crippen molar-refractivity contribution in [1.82, 2.24) is 5.32 Å². The van der Waals surface area contributed by atoms with Gasteiger partial charge in [-0.15, -0.1) is 0 Å². The maximum atomic E-state index is 12.5. The molecule has 0 aliphatic heterocycles. The van der Waals surface area contributed by atoms with Gasteiger partial charge < -0.3 is 19.5 Å². The third-order valence-corrected chi connectivity index (χ3v) is 2.82. The van der Waals surface area contributed by atoms with Crippen molar-refractivity contribution in [1.29, 1.82) is 0 Å². The summed E-state index contributed by atoms with van der Waals surface area (Å²) in [4.78, 5) is 36.5. The number of alkyl carbamates (subject to hydrolysis) is 1. The number of esters is 1. The lowest BCUT2D eigenvalue weighted by Gasteiger charge is -2.22. The highest BCUT2D eigenvalue weighted by molar-refractivity contribution is 6.13. The maximum absolute atomic E-state index is 12.5. The number of hydrogen-bond acceptors (Lipinski definition) is 6. The molecule has 0 saturated carbocycles. The lowest BCUT2D eigenvalue weighted by molar-refractivity contribution is -0.144. The quantitative estimate of drug-likeness (QED) is 0.487. The Balaban J connectivity index is 2.97. The van der Waals surface area contributed by atoms with Gasteiger partial charge in [-0.1, -0.05) is 0 Å². The molecule has 0 aliphatic rings. The number of rotatable bonds is 6. The molecule has 0 spiro atoms. The molecule has 24 heavy (non-hydrogen) atoms. The van der Waals surface area contributed by atoms with Crippen LogP contribution >= 0.6 is 0 Å². The number of benzene rings is 1. The van der Waals surface area contributed by atoms with Gasteiger partial charge in [0.25, 0.3) is 0 Å². The van der Waals surface area contributed by atoms with Crippen LogP contribution in [0, 0.1) is 0 Å². The number of amides is 1. The lowest BCUT2D eigenvalue weighted by atomic mass is 10.0. The van der Waals surface area contributed by atoms with Gasteiger partial charge >= 0.3 is 12.1 Å². The minimum atomic E-state index is -1.48. The number of ether oxygens (including phenoxy) is 3. The SMILES string of the molecule is CCOC(=O)C(NC(=O)OC(C)(C)C)C(=O)c1ccc(OC)cc1. The van der Waals surface area contributed by atoms with E-state index < -0.39 is 29.5 Å². The van der Waals surface area contributed by atoms with E-state index in [-0.39, 0.29) is 12.2 Å². The van der Waals surface area contributed by atoms with Gasteiger partial charge in [-0.3, -0.25) is 4.79 Å². The number of carbonyl (C=O) groups excluding carboxylic acids is 3. The Kier molecular flexibility index (Phi) is 6.76. The summed E-state index contributed by atoms with van der Waals surface area (Å²) in [6.45, 7) is 6.73. The highest BCUT2D eigenvalue weighted by atomic mass is 16.6. The average molecular weight is 337 g/mol. The summed E-state index contributed by atoms with van der Waals surface area (Å²) in [5, 5.41) is 2.27. The summed E-state index contributed by atoms with van der Waals surface area (Å²) in [5.41, 5.74) is -0.517. The zero-order valence-electron chi connectivity index (χ0n) is 14.5. The van der Waals surface area contributed by atoms with E-state index in [1.807, 2.05) is 0 Å². The Hall–Kier alpha value is -2.57. The third-order valence-electron chi connectivity index (χ3n) is 2.82. The number of hydrogen-bond donors (Lipinski definition) is 1. The fourth-order valence-corrected chi connectivity index (χ4v) is 1.80. The summed E-state index contributed by atoms with van der Waals surface area (Å²) in [7, 11) is 1.50. The van der Waals surface area contributed by atoms with Crippen LogP contribution in [0.25, 0.3) is 0 Å². The molecule has 7 nitrogen and oxygen atoms in total. The van der Waals surface area contributed by atoms with Gasteiger partial charge in [0, 0.05) is 5.56 Å². The zero-order chi connectivity index (χ0) is 18.3. The molecule has 1 atom stereocenters. The molecule has 0 fully saturated rings. The number of carbonyl (C=O) groups is 3. The van der Waals surface area contributed by atoms with Crippen LogP contribution in [-0.2, 0) is 14.3 Å². The third kappa shape index (κ3) is 5.91. The van der Waals surface area contributed by atoms with E-state index in [1.54, 1.807) is 39.8 Å². The van der Waals surface area contributed by atoms with Crippen molar-refractivity contribution in [2.45, 2.75) is 39.3 Å². The van der Waals surface area contributed by atoms with Crippen molar-refractivity contribution in [2.24, 2.45) is 0 Å². The van der Waals surface area contributed by atoms with Crippen LogP contribution < -0.4 is 10.1 Å². The first-order chi connectivity index (χ1) is 11.2. The van der Waals surface area contributed by atoms with Crippen LogP contribution in [0.3, 0.4) is 0 Å². The van der Waals surface area contributed by atoms with Gasteiger partial charge in [0.15, 0.2) is 11.8 Å². The average Bonchev–Trinajstić information content (AvgIpc) is 2.50. The molecule has 0 saturated heterocycles. The van der Waals surface area contributed by atoms with Crippen LogP contribution in [-0.4, -0.2) is 43.2 Å². The minimum absolute atomic E-state index is 0.0845. The molecule has 0 radical (unpaired) electrons. The zero-order valence-corrected chi connectivity index (χ0v) is 14.5. The summed E-state index contributed by atoms with van der Waals surface area (Å²) in [6.07, 6.45) is -0.873. The first kappa shape index (κ1) is 19.5. The Morgan fingerprint density at radius 1 is 1.12 bits per heavy atom. The second-order valence-corrected chi connectivity index (χ2v) is 5.92. The van der Waals surface area contributed by atoms with Gasteiger partial charge in [0.2, 0.25) is 0 Å². The van der Waals surface area contributed by atoms with Gasteiger partial charge in [-0.05, 0) is 52.0 Å². The van der Waals surface area contributed by atoms with Crippen LogP contribution in [0.2, 0.25) is 0 Å². The van der Waals surface area contributed by atoms with Crippen molar-refractivity contribution >= 4 is 17.8 Å². The predicted molar refractivity (Wildman–Crippen MR) is 87.1 cm³/mol. The molecule has 0 heterocycles. The molecule has 132 valence electrons. The minimum Gasteiger partial charge on any atom is -0.497 e. The molecule has 0 aromatic heterocycles. The van der Waals surface area contributed by atoms with Crippen LogP contribution in [0.15, 0.2) is 24.3 Å². The van der Waals surface area contributed by atoms with Crippen molar-refractivity contribution < 1.29 is 28.6 Å². The van der Waals surface area contributed by atoms with Crippen LogP contribution in [0.4, 0.5) is 4.79 Å². The summed E-state index contributed by atoms with van der Waals surface area (Å²) >= 11 is 0. The van der Waals surface area contributed by atoms with Crippen molar-refractivity contribution in [2.75, 3.05) is 13.7 Å². The predicted octanol–water partition coefficient (Wildman–Crippen LogP) is 2.33. The van der Waals surface area contributed by atoms with E-state index in [1.165, 1.54) is 19.2 Å². The Labute approximate surface area is 141 Å². The smallest absolute Gasteiger partial charge is 0.408 e. The standard InChI is InChI=1S/C17H23NO6/c1-6-23-15(20)13(18-16(21)24-17(2,3)4)14(19)11-7-9-12(22-5)10-8-11/h7-10,13H,6H2,1-5H3,(H,18,21). The number of Topliss-reactive ketones (excluding diaryl/α,β-unsaturated/α-hetero) is 1. The van der Waals surface area contributed by atoms with Crippen molar-refractivity contribution in [3.05, 3.63) is 29.8 Å². The monoisotopic (exact) mass is 337 g/mol. The number of ketones is 1. The Bertz CT molecular complexity index is 588. The molecule has 1 N–H and O–H groups in total. The van der Waals surface area contributed by atoms with Gasteiger partial charge in [-0.2, -0.15) is 0 Å².